The van der Waals surface area contributed by atoms with E-state index < -0.39 is 11.6 Å². The van der Waals surface area contributed by atoms with Gasteiger partial charge in [0, 0.05) is 19.4 Å². The summed E-state index contributed by atoms with van der Waals surface area (Å²) >= 11 is 0. The lowest BCUT2D eigenvalue weighted by Gasteiger charge is -2.49. The van der Waals surface area contributed by atoms with E-state index in [1.165, 1.54) is 0 Å². The van der Waals surface area contributed by atoms with Crippen LogP contribution in [0.25, 0.3) is 0 Å². The predicted octanol–water partition coefficient (Wildman–Crippen LogP) is 0.438. The monoisotopic (exact) mass is 286 g/mol. The fraction of sp³-hybridized carbons (Fsp3) is 0.923. The number of cyclic esters (lactones) is 1. The summed E-state index contributed by atoms with van der Waals surface area (Å²) in [4.78, 5) is 11.6. The number of fused-ring (bicyclic) bond motifs is 2. The van der Waals surface area contributed by atoms with E-state index in [-0.39, 0.29) is 30.1 Å². The van der Waals surface area contributed by atoms with E-state index in [4.69, 9.17) is 14.2 Å². The number of hydrogen-bond donors (Lipinski definition) is 1. The molecular formula is C13H22N2O5. The topological polar surface area (TPSA) is 79.8 Å². The Morgan fingerprint density at radius 3 is 3.05 bits per heavy atom. The molecule has 0 bridgehead atoms. The molecule has 0 aromatic rings. The quantitative estimate of drug-likeness (QED) is 0.462. The molecule has 5 atom stereocenters. The van der Waals surface area contributed by atoms with Crippen molar-refractivity contribution in [3.63, 3.8) is 0 Å². The number of piperidine rings is 1. The maximum absolute atomic E-state index is 12.3. The van der Waals surface area contributed by atoms with Crippen LogP contribution in [0.5, 0.6) is 0 Å². The second kappa shape index (κ2) is 4.84. The second-order valence-electron chi connectivity index (χ2n) is 6.40. The molecule has 2 saturated heterocycles. The van der Waals surface area contributed by atoms with Gasteiger partial charge in [0.25, 0.3) is 0 Å². The number of carbonyl (C=O) groups excluding carboxylic acids is 1. The molecule has 7 heteroatoms. The van der Waals surface area contributed by atoms with Crippen molar-refractivity contribution in [3.05, 3.63) is 5.21 Å². The number of hydroxylamine groups is 3. The van der Waals surface area contributed by atoms with Crippen molar-refractivity contribution >= 4 is 6.09 Å². The molecule has 0 aromatic carbocycles. The summed E-state index contributed by atoms with van der Waals surface area (Å²) in [5.74, 6) is 0.506. The molecular weight excluding hydrogens is 264 g/mol. The fourth-order valence-electron chi connectivity index (χ4n) is 4.07. The number of rotatable bonds is 3. The van der Waals surface area contributed by atoms with Crippen LogP contribution in [-0.2, 0) is 14.2 Å². The van der Waals surface area contributed by atoms with Crippen LogP contribution in [0.3, 0.4) is 0 Å². The highest BCUT2D eigenvalue weighted by atomic mass is 16.7. The Morgan fingerprint density at radius 1 is 1.60 bits per heavy atom. The van der Waals surface area contributed by atoms with Gasteiger partial charge in [0.1, 0.15) is 18.9 Å². The van der Waals surface area contributed by atoms with Crippen LogP contribution in [0.4, 0.5) is 4.79 Å². The zero-order valence-corrected chi connectivity index (χ0v) is 12.0. The number of ether oxygens (including phenoxy) is 3. The van der Waals surface area contributed by atoms with Crippen molar-refractivity contribution in [2.24, 2.45) is 11.8 Å². The van der Waals surface area contributed by atoms with E-state index in [0.29, 0.717) is 19.0 Å². The minimum Gasteiger partial charge on any atom is -0.633 e. The van der Waals surface area contributed by atoms with E-state index >= 15 is 0 Å². The molecule has 114 valence electrons. The largest absolute Gasteiger partial charge is 0.633 e. The van der Waals surface area contributed by atoms with Crippen molar-refractivity contribution < 1.29 is 23.7 Å². The van der Waals surface area contributed by atoms with Gasteiger partial charge in [0.2, 0.25) is 0 Å². The van der Waals surface area contributed by atoms with Crippen LogP contribution in [0.1, 0.15) is 12.8 Å². The fourth-order valence-corrected chi connectivity index (χ4v) is 4.07. The van der Waals surface area contributed by atoms with E-state index in [1.54, 1.807) is 14.2 Å². The molecule has 2 heterocycles. The smallest absolute Gasteiger partial charge is 0.407 e. The Balaban J connectivity index is 1.85. The average Bonchev–Trinajstić information content (AvgIpc) is 2.90. The van der Waals surface area contributed by atoms with Gasteiger partial charge in [-0.3, -0.25) is 0 Å². The molecule has 0 radical (unpaired) electrons. The highest BCUT2D eigenvalue weighted by Crippen LogP contribution is 2.48. The number of carbonyl (C=O) groups is 1. The van der Waals surface area contributed by atoms with E-state index in [1.807, 2.05) is 0 Å². The van der Waals surface area contributed by atoms with Crippen molar-refractivity contribution in [2.45, 2.75) is 24.5 Å². The molecule has 1 amide bonds. The van der Waals surface area contributed by atoms with Crippen LogP contribution in [0.15, 0.2) is 0 Å². The number of alkyl carbamates (subject to hydrolysis) is 1. The first-order valence-corrected chi connectivity index (χ1v) is 7.08. The molecule has 7 nitrogen and oxygen atoms in total. The molecule has 3 fully saturated rings. The summed E-state index contributed by atoms with van der Waals surface area (Å²) in [6.07, 6.45) is 1.15. The molecule has 20 heavy (non-hydrogen) atoms. The molecule has 1 unspecified atom stereocenters. The third kappa shape index (κ3) is 2.18. The summed E-state index contributed by atoms with van der Waals surface area (Å²) in [6, 6.07) is 0. The van der Waals surface area contributed by atoms with E-state index in [9.17, 15) is 10.0 Å². The van der Waals surface area contributed by atoms with Gasteiger partial charge >= 0.3 is 6.09 Å². The van der Waals surface area contributed by atoms with Crippen LogP contribution in [0, 0.1) is 17.0 Å². The Bertz CT molecular complexity index is 402. The normalized spacial score (nSPS) is 47.1. The first-order valence-electron chi connectivity index (χ1n) is 7.08. The van der Waals surface area contributed by atoms with Crippen molar-refractivity contribution in [3.8, 4) is 0 Å². The van der Waals surface area contributed by atoms with Gasteiger partial charge in [-0.15, -0.1) is 0 Å². The second-order valence-corrected chi connectivity index (χ2v) is 6.40. The van der Waals surface area contributed by atoms with Crippen LogP contribution in [0.2, 0.25) is 0 Å². The third-order valence-electron chi connectivity index (χ3n) is 5.04. The van der Waals surface area contributed by atoms with E-state index in [2.05, 4.69) is 5.32 Å². The van der Waals surface area contributed by atoms with Crippen LogP contribution < -0.4 is 5.32 Å². The highest BCUT2D eigenvalue weighted by molar-refractivity contribution is 5.71. The summed E-state index contributed by atoms with van der Waals surface area (Å²) in [5, 5.41) is 15.3. The summed E-state index contributed by atoms with van der Waals surface area (Å²) in [5.41, 5.74) is -0.565. The molecule has 1 saturated carbocycles. The van der Waals surface area contributed by atoms with Gasteiger partial charge in [0.15, 0.2) is 0 Å². The summed E-state index contributed by atoms with van der Waals surface area (Å²) in [6.45, 7) is 1.59. The first kappa shape index (κ1) is 14.1. The van der Waals surface area contributed by atoms with Gasteiger partial charge in [-0.25, -0.2) is 4.79 Å². The lowest BCUT2D eigenvalue weighted by molar-refractivity contribution is -0.871. The Morgan fingerprint density at radius 2 is 2.40 bits per heavy atom. The number of amides is 1. The summed E-state index contributed by atoms with van der Waals surface area (Å²) in [7, 11) is 3.27. The number of quaternary nitrogens is 1. The van der Waals surface area contributed by atoms with Gasteiger partial charge < -0.3 is 29.4 Å². The molecule has 0 aromatic heterocycles. The lowest BCUT2D eigenvalue weighted by Crippen LogP contribution is -2.61. The number of likely N-dealkylation sites (tertiary alicyclic amines) is 1. The van der Waals surface area contributed by atoms with Crippen molar-refractivity contribution in [1.82, 2.24) is 5.32 Å². The molecule has 1 aliphatic carbocycles. The zero-order chi connectivity index (χ0) is 14.4. The minimum atomic E-state index is -0.565. The number of nitrogens with one attached hydrogen (secondary N) is 1. The van der Waals surface area contributed by atoms with E-state index in [0.717, 1.165) is 12.8 Å². The summed E-state index contributed by atoms with van der Waals surface area (Å²) < 4.78 is 15.6. The standard InChI is InChI=1S/C13H22N2O5/c1-15(17)4-3-9-5-11(20-8-18-2)13(10(9)6-15)7-19-12(16)14-13/h9-11H,3-8H2,1-2H3,(H,14,16)/t9-,10-,11+,13-,15?/m1/s1. The van der Waals surface area contributed by atoms with Gasteiger partial charge in [-0.05, 0) is 12.3 Å². The Labute approximate surface area is 118 Å². The Hall–Kier alpha value is -0.890. The number of nitrogens with zero attached hydrogens (tertiary/aromatic N) is 1. The number of hydrogen-bond acceptors (Lipinski definition) is 5. The highest BCUT2D eigenvalue weighted by Gasteiger charge is 2.62. The molecule has 1 spiro atoms. The van der Waals surface area contributed by atoms with Gasteiger partial charge in [-0.1, -0.05) is 0 Å². The van der Waals surface area contributed by atoms with Crippen molar-refractivity contribution in [1.29, 1.82) is 0 Å². The van der Waals surface area contributed by atoms with Gasteiger partial charge in [-0.2, -0.15) is 0 Å². The van der Waals surface area contributed by atoms with Crippen molar-refractivity contribution in [2.75, 3.05) is 40.6 Å². The number of methoxy groups -OCH3 is 1. The zero-order valence-electron chi connectivity index (χ0n) is 12.0. The third-order valence-corrected chi connectivity index (χ3v) is 5.04. The average molecular weight is 286 g/mol. The SMILES string of the molecule is COCO[C@H]1C[C@H]2CC[N+](C)([O-])C[C@H]2[C@]12COC(=O)N2. The van der Waals surface area contributed by atoms with Gasteiger partial charge in [0.05, 0.1) is 26.2 Å². The van der Waals surface area contributed by atoms with Crippen LogP contribution >= 0.6 is 0 Å². The lowest BCUT2D eigenvalue weighted by atomic mass is 9.79. The minimum absolute atomic E-state index is 0.104. The maximum Gasteiger partial charge on any atom is 0.407 e. The Kier molecular flexibility index (Phi) is 3.40. The molecule has 3 rings (SSSR count). The van der Waals surface area contributed by atoms with Crippen LogP contribution in [-0.4, -0.2) is 63.0 Å². The predicted molar refractivity (Wildman–Crippen MR) is 69.5 cm³/mol. The molecule has 1 N–H and O–H groups in total. The maximum atomic E-state index is 12.3. The molecule has 3 aliphatic rings. The molecule has 2 aliphatic heterocycles. The first-order chi connectivity index (χ1) is 9.47.